The fourth-order valence-electron chi connectivity index (χ4n) is 1.45. The lowest BCUT2D eigenvalue weighted by molar-refractivity contribution is -0.385. The van der Waals surface area contributed by atoms with Crippen LogP contribution in [0.3, 0.4) is 0 Å². The van der Waals surface area contributed by atoms with Crippen LogP contribution < -0.4 is 5.32 Å². The van der Waals surface area contributed by atoms with Crippen molar-refractivity contribution in [2.75, 3.05) is 5.32 Å². The van der Waals surface area contributed by atoms with Gasteiger partial charge in [-0.3, -0.25) is 14.9 Å². The highest BCUT2D eigenvalue weighted by Crippen LogP contribution is 2.25. The van der Waals surface area contributed by atoms with Crippen LogP contribution >= 0.6 is 22.9 Å². The van der Waals surface area contributed by atoms with Gasteiger partial charge >= 0.3 is 5.97 Å². The van der Waals surface area contributed by atoms with E-state index >= 15 is 0 Å². The van der Waals surface area contributed by atoms with Crippen LogP contribution in [-0.2, 0) is 0 Å². The predicted octanol–water partition coefficient (Wildman–Crippen LogP) is 2.66. The standard InChI is InChI=1S/C11H6ClN3O5S/c12-8-3-5(6(4-13-8)15(19)20)10(16)14-9-2-1-7(21-9)11(17)18/h1-4H,(H,14,16)(H,17,18). The lowest BCUT2D eigenvalue weighted by Gasteiger charge is -2.03. The molecular formula is C11H6ClN3O5S. The Morgan fingerprint density at radius 3 is 2.71 bits per heavy atom. The van der Waals surface area contributed by atoms with E-state index in [0.717, 1.165) is 23.6 Å². The number of carbonyl (C=O) groups is 2. The Labute approximate surface area is 126 Å². The number of rotatable bonds is 4. The maximum Gasteiger partial charge on any atom is 0.345 e. The molecule has 0 spiro atoms. The van der Waals surface area contributed by atoms with Crippen molar-refractivity contribution in [3.05, 3.63) is 50.1 Å². The van der Waals surface area contributed by atoms with Gasteiger partial charge in [-0.2, -0.15) is 0 Å². The van der Waals surface area contributed by atoms with Crippen LogP contribution in [0.15, 0.2) is 24.4 Å². The van der Waals surface area contributed by atoms with Crippen molar-refractivity contribution in [1.82, 2.24) is 4.98 Å². The van der Waals surface area contributed by atoms with Gasteiger partial charge in [-0.25, -0.2) is 9.78 Å². The Hall–Kier alpha value is -2.52. The minimum atomic E-state index is -1.13. The molecule has 0 aromatic carbocycles. The smallest absolute Gasteiger partial charge is 0.345 e. The van der Waals surface area contributed by atoms with Crippen LogP contribution in [0.4, 0.5) is 10.7 Å². The van der Waals surface area contributed by atoms with E-state index in [4.69, 9.17) is 16.7 Å². The molecule has 2 N–H and O–H groups in total. The molecule has 8 nitrogen and oxygen atoms in total. The van der Waals surface area contributed by atoms with E-state index in [1.165, 1.54) is 12.1 Å². The average molecular weight is 328 g/mol. The number of nitro groups is 1. The topological polar surface area (TPSA) is 122 Å². The summed E-state index contributed by atoms with van der Waals surface area (Å²) < 4.78 is 0. The number of nitrogens with one attached hydrogen (secondary N) is 1. The minimum absolute atomic E-state index is 0.0348. The van der Waals surface area contributed by atoms with Crippen molar-refractivity contribution in [1.29, 1.82) is 0 Å². The first kappa shape index (κ1) is 14.9. The highest BCUT2D eigenvalue weighted by molar-refractivity contribution is 7.18. The molecule has 108 valence electrons. The van der Waals surface area contributed by atoms with Gasteiger partial charge in [-0.15, -0.1) is 11.3 Å². The van der Waals surface area contributed by atoms with Crippen LogP contribution in [0, 0.1) is 10.1 Å². The summed E-state index contributed by atoms with van der Waals surface area (Å²) in [7, 11) is 0. The molecule has 0 aliphatic rings. The fraction of sp³-hybridized carbons (Fsp3) is 0. The van der Waals surface area contributed by atoms with Crippen molar-refractivity contribution >= 4 is 45.5 Å². The maximum absolute atomic E-state index is 12.0. The molecule has 0 fully saturated rings. The van der Waals surface area contributed by atoms with Gasteiger partial charge in [0.1, 0.15) is 21.8 Å². The molecule has 0 aliphatic heterocycles. The van der Waals surface area contributed by atoms with Gasteiger partial charge in [0.2, 0.25) is 0 Å². The monoisotopic (exact) mass is 327 g/mol. The van der Waals surface area contributed by atoms with Crippen LogP contribution in [0.2, 0.25) is 5.15 Å². The molecule has 0 radical (unpaired) electrons. The second-order valence-corrected chi connectivity index (χ2v) is 5.18. The zero-order valence-electron chi connectivity index (χ0n) is 10.1. The highest BCUT2D eigenvalue weighted by Gasteiger charge is 2.22. The first-order chi connectivity index (χ1) is 9.88. The lowest BCUT2D eigenvalue weighted by Crippen LogP contribution is -2.13. The van der Waals surface area contributed by atoms with Gasteiger partial charge in [-0.05, 0) is 18.2 Å². The number of pyridine rings is 1. The summed E-state index contributed by atoms with van der Waals surface area (Å²) in [4.78, 5) is 36.4. The minimum Gasteiger partial charge on any atom is -0.477 e. The van der Waals surface area contributed by atoms with Crippen molar-refractivity contribution < 1.29 is 19.6 Å². The molecule has 2 heterocycles. The predicted molar refractivity (Wildman–Crippen MR) is 75.1 cm³/mol. The van der Waals surface area contributed by atoms with Gasteiger partial charge in [0.15, 0.2) is 0 Å². The number of halogens is 1. The van der Waals surface area contributed by atoms with E-state index < -0.39 is 22.5 Å². The fourth-order valence-corrected chi connectivity index (χ4v) is 2.35. The Morgan fingerprint density at radius 1 is 1.43 bits per heavy atom. The van der Waals surface area contributed by atoms with Crippen molar-refractivity contribution in [3.63, 3.8) is 0 Å². The number of aromatic nitrogens is 1. The number of hydrogen-bond donors (Lipinski definition) is 2. The Morgan fingerprint density at radius 2 is 2.14 bits per heavy atom. The summed E-state index contributed by atoms with van der Waals surface area (Å²) in [5.74, 6) is -1.90. The van der Waals surface area contributed by atoms with Crippen LogP contribution in [0.25, 0.3) is 0 Å². The third kappa shape index (κ3) is 3.33. The Kier molecular flexibility index (Phi) is 4.15. The maximum atomic E-state index is 12.0. The zero-order chi connectivity index (χ0) is 15.6. The molecule has 2 aromatic heterocycles. The third-order valence-corrected chi connectivity index (χ3v) is 3.54. The largest absolute Gasteiger partial charge is 0.477 e. The van der Waals surface area contributed by atoms with E-state index in [9.17, 15) is 19.7 Å². The number of amides is 1. The zero-order valence-corrected chi connectivity index (χ0v) is 11.6. The third-order valence-electron chi connectivity index (χ3n) is 2.34. The summed E-state index contributed by atoms with van der Waals surface area (Å²) in [6, 6.07) is 3.78. The molecule has 2 rings (SSSR count). The number of carboxylic acids is 1. The average Bonchev–Trinajstić information content (AvgIpc) is 2.86. The van der Waals surface area contributed by atoms with Gasteiger partial charge < -0.3 is 10.4 Å². The Bertz CT molecular complexity index is 745. The Balaban J connectivity index is 2.29. The van der Waals surface area contributed by atoms with Crippen LogP contribution in [-0.4, -0.2) is 26.9 Å². The van der Waals surface area contributed by atoms with E-state index in [-0.39, 0.29) is 20.6 Å². The number of nitrogens with zero attached hydrogens (tertiary/aromatic N) is 2. The molecule has 0 atom stereocenters. The summed E-state index contributed by atoms with van der Waals surface area (Å²) in [6.45, 7) is 0. The first-order valence-electron chi connectivity index (χ1n) is 5.33. The summed E-state index contributed by atoms with van der Waals surface area (Å²) in [5, 5.41) is 22.2. The van der Waals surface area contributed by atoms with E-state index in [2.05, 4.69) is 10.3 Å². The molecule has 0 saturated heterocycles. The van der Waals surface area contributed by atoms with Crippen LogP contribution in [0.1, 0.15) is 20.0 Å². The summed E-state index contributed by atoms with van der Waals surface area (Å²) >= 11 is 6.46. The molecule has 0 saturated carbocycles. The number of thiophene rings is 1. The summed E-state index contributed by atoms with van der Waals surface area (Å²) in [6.07, 6.45) is 0.883. The van der Waals surface area contributed by atoms with E-state index in [1.807, 2.05) is 0 Å². The molecule has 10 heteroatoms. The molecule has 1 amide bonds. The van der Waals surface area contributed by atoms with Crippen LogP contribution in [0.5, 0.6) is 0 Å². The quantitative estimate of drug-likeness (QED) is 0.505. The van der Waals surface area contributed by atoms with Gasteiger partial charge in [0.05, 0.1) is 9.92 Å². The molecule has 0 unspecified atom stereocenters. The van der Waals surface area contributed by atoms with Crippen molar-refractivity contribution in [2.45, 2.75) is 0 Å². The molecular weight excluding hydrogens is 322 g/mol. The van der Waals surface area contributed by atoms with Gasteiger partial charge in [0, 0.05) is 0 Å². The summed E-state index contributed by atoms with van der Waals surface area (Å²) in [5.41, 5.74) is -0.753. The molecule has 0 bridgehead atoms. The molecule has 0 aliphatic carbocycles. The number of anilines is 1. The van der Waals surface area contributed by atoms with Crippen molar-refractivity contribution in [3.8, 4) is 0 Å². The lowest BCUT2D eigenvalue weighted by atomic mass is 10.2. The van der Waals surface area contributed by atoms with Gasteiger partial charge in [-0.1, -0.05) is 11.6 Å². The van der Waals surface area contributed by atoms with Crippen molar-refractivity contribution in [2.24, 2.45) is 0 Å². The van der Waals surface area contributed by atoms with E-state index in [0.29, 0.717) is 0 Å². The number of carbonyl (C=O) groups excluding carboxylic acids is 1. The molecule has 21 heavy (non-hydrogen) atoms. The van der Waals surface area contributed by atoms with E-state index in [1.54, 1.807) is 0 Å². The van der Waals surface area contributed by atoms with Gasteiger partial charge in [0.25, 0.3) is 11.6 Å². The number of carboxylic acid groups (broad SMARTS) is 1. The first-order valence-corrected chi connectivity index (χ1v) is 6.52. The number of hydrogen-bond acceptors (Lipinski definition) is 6. The highest BCUT2D eigenvalue weighted by atomic mass is 35.5. The second-order valence-electron chi connectivity index (χ2n) is 3.70. The normalized spacial score (nSPS) is 10.1. The molecule has 2 aromatic rings. The second kappa shape index (κ2) is 5.85. The SMILES string of the molecule is O=C(O)c1ccc(NC(=O)c2cc(Cl)ncc2[N+](=O)[O-])s1. The number of aromatic carboxylic acids is 1.